The average Bonchev–Trinajstić information content (AvgIpc) is 3.21. The summed E-state index contributed by atoms with van der Waals surface area (Å²) >= 11 is 0. The molecule has 0 saturated carbocycles. The van der Waals surface area contributed by atoms with Crippen molar-refractivity contribution in [1.82, 2.24) is 9.88 Å². The summed E-state index contributed by atoms with van der Waals surface area (Å²) in [4.78, 5) is 17.0. The molecular formula is C22H19FN2O3. The van der Waals surface area contributed by atoms with Crippen LogP contribution >= 0.6 is 0 Å². The van der Waals surface area contributed by atoms with Gasteiger partial charge in [0.2, 0.25) is 0 Å². The highest BCUT2D eigenvalue weighted by Crippen LogP contribution is 2.23. The predicted octanol–water partition coefficient (Wildman–Crippen LogP) is 3.95. The van der Waals surface area contributed by atoms with E-state index in [0.29, 0.717) is 28.9 Å². The zero-order chi connectivity index (χ0) is 19.5. The van der Waals surface area contributed by atoms with Crippen molar-refractivity contribution in [2.75, 3.05) is 0 Å². The summed E-state index contributed by atoms with van der Waals surface area (Å²) in [5.41, 5.74) is 1.31. The van der Waals surface area contributed by atoms with Gasteiger partial charge in [0, 0.05) is 12.1 Å². The maximum atomic E-state index is 13.4. The Balaban J connectivity index is 1.69. The molecule has 2 heterocycles. The summed E-state index contributed by atoms with van der Waals surface area (Å²) in [5.74, 6) is 0.268. The van der Waals surface area contributed by atoms with E-state index in [1.54, 1.807) is 29.4 Å². The molecule has 1 unspecified atom stereocenters. The number of pyridine rings is 1. The van der Waals surface area contributed by atoms with Gasteiger partial charge < -0.3 is 14.5 Å². The second-order valence-electron chi connectivity index (χ2n) is 6.62. The van der Waals surface area contributed by atoms with Gasteiger partial charge in [-0.2, -0.15) is 0 Å². The number of halogens is 1. The second kappa shape index (κ2) is 7.80. The third-order valence-electron chi connectivity index (χ3n) is 4.64. The van der Waals surface area contributed by atoms with E-state index >= 15 is 0 Å². The zero-order valence-electron chi connectivity index (χ0n) is 15.0. The van der Waals surface area contributed by atoms with Crippen LogP contribution in [0.1, 0.15) is 23.1 Å². The van der Waals surface area contributed by atoms with Crippen LogP contribution in [0.5, 0.6) is 0 Å². The summed E-state index contributed by atoms with van der Waals surface area (Å²) in [6, 6.07) is 18.8. The van der Waals surface area contributed by atoms with Crippen molar-refractivity contribution < 1.29 is 13.9 Å². The first-order valence-electron chi connectivity index (χ1n) is 8.91. The average molecular weight is 378 g/mol. The number of H-pyrrole nitrogens is 1. The Labute approximate surface area is 160 Å². The number of aliphatic hydroxyl groups is 1. The van der Waals surface area contributed by atoms with Crippen molar-refractivity contribution in [3.8, 4) is 0 Å². The van der Waals surface area contributed by atoms with Crippen LogP contribution in [0.2, 0.25) is 0 Å². The minimum Gasteiger partial charge on any atom is -0.468 e. The van der Waals surface area contributed by atoms with E-state index in [0.717, 1.165) is 5.39 Å². The largest absolute Gasteiger partial charge is 0.468 e. The fraction of sp³-hybridized carbons (Fsp3) is 0.136. The molecule has 0 bridgehead atoms. The van der Waals surface area contributed by atoms with Crippen molar-refractivity contribution in [3.63, 3.8) is 0 Å². The molecule has 0 saturated heterocycles. The summed E-state index contributed by atoms with van der Waals surface area (Å²) in [5, 5.41) is 11.6. The summed E-state index contributed by atoms with van der Waals surface area (Å²) in [6.45, 7) is 0.517. The molecule has 2 aromatic heterocycles. The van der Waals surface area contributed by atoms with E-state index in [1.165, 1.54) is 12.1 Å². The third kappa shape index (κ3) is 3.88. The molecule has 0 spiro atoms. The SMILES string of the molecule is O=c1[nH]c2cc(F)ccc2cc1CN(Cc1ccco1)C(O)c1ccccc1. The summed E-state index contributed by atoms with van der Waals surface area (Å²) in [6.07, 6.45) is 0.648. The minimum absolute atomic E-state index is 0.194. The van der Waals surface area contributed by atoms with Crippen LogP contribution in [0, 0.1) is 5.82 Å². The van der Waals surface area contributed by atoms with E-state index in [9.17, 15) is 14.3 Å². The van der Waals surface area contributed by atoms with Crippen molar-refractivity contribution in [2.24, 2.45) is 0 Å². The van der Waals surface area contributed by atoms with Crippen LogP contribution in [0.15, 0.2) is 82.2 Å². The first-order valence-corrected chi connectivity index (χ1v) is 8.91. The highest BCUT2D eigenvalue weighted by atomic mass is 19.1. The summed E-state index contributed by atoms with van der Waals surface area (Å²) in [7, 11) is 0. The standard InChI is InChI=1S/C22H19FN2O3/c23-18-9-8-16-11-17(21(26)24-20(16)12-18)13-25(14-19-7-4-10-28-19)22(27)15-5-2-1-3-6-15/h1-12,22,27H,13-14H2,(H,24,26). The van der Waals surface area contributed by atoms with Gasteiger partial charge >= 0.3 is 0 Å². The zero-order valence-corrected chi connectivity index (χ0v) is 15.0. The number of nitrogens with one attached hydrogen (secondary N) is 1. The van der Waals surface area contributed by atoms with Gasteiger partial charge in [0.1, 0.15) is 17.8 Å². The Morgan fingerprint density at radius 1 is 1.04 bits per heavy atom. The third-order valence-corrected chi connectivity index (χ3v) is 4.64. The van der Waals surface area contributed by atoms with E-state index in [2.05, 4.69) is 4.98 Å². The number of hydrogen-bond acceptors (Lipinski definition) is 4. The lowest BCUT2D eigenvalue weighted by atomic mass is 10.1. The molecular weight excluding hydrogens is 359 g/mol. The Morgan fingerprint density at radius 3 is 2.61 bits per heavy atom. The Bertz CT molecular complexity index is 1120. The number of nitrogens with zero attached hydrogens (tertiary/aromatic N) is 1. The molecule has 1 atom stereocenters. The lowest BCUT2D eigenvalue weighted by Gasteiger charge is -2.27. The van der Waals surface area contributed by atoms with Gasteiger partial charge in [-0.3, -0.25) is 9.69 Å². The lowest BCUT2D eigenvalue weighted by Crippen LogP contribution is -2.30. The number of hydrogen-bond donors (Lipinski definition) is 2. The number of fused-ring (bicyclic) bond motifs is 1. The monoisotopic (exact) mass is 378 g/mol. The van der Waals surface area contributed by atoms with Crippen molar-refractivity contribution in [2.45, 2.75) is 19.3 Å². The fourth-order valence-corrected chi connectivity index (χ4v) is 3.22. The van der Waals surface area contributed by atoms with Gasteiger partial charge in [0.05, 0.1) is 18.3 Å². The number of aromatic nitrogens is 1. The van der Waals surface area contributed by atoms with Gasteiger partial charge in [0.15, 0.2) is 0 Å². The molecule has 0 aliphatic carbocycles. The number of benzene rings is 2. The van der Waals surface area contributed by atoms with Crippen molar-refractivity contribution in [1.29, 1.82) is 0 Å². The van der Waals surface area contributed by atoms with Crippen LogP contribution in [0.4, 0.5) is 4.39 Å². The Morgan fingerprint density at radius 2 is 1.86 bits per heavy atom. The van der Waals surface area contributed by atoms with Gasteiger partial charge in [-0.1, -0.05) is 30.3 Å². The topological polar surface area (TPSA) is 69.5 Å². The molecule has 28 heavy (non-hydrogen) atoms. The minimum atomic E-state index is -0.922. The molecule has 2 aromatic carbocycles. The second-order valence-corrected chi connectivity index (χ2v) is 6.62. The highest BCUT2D eigenvalue weighted by molar-refractivity contribution is 5.78. The number of furan rings is 1. The van der Waals surface area contributed by atoms with Crippen LogP contribution < -0.4 is 5.56 Å². The molecule has 0 aliphatic heterocycles. The molecule has 5 nitrogen and oxygen atoms in total. The number of aliphatic hydroxyl groups excluding tert-OH is 1. The highest BCUT2D eigenvalue weighted by Gasteiger charge is 2.21. The molecule has 2 N–H and O–H groups in total. The van der Waals surface area contributed by atoms with Gasteiger partial charge in [-0.15, -0.1) is 0 Å². The van der Waals surface area contributed by atoms with Crippen LogP contribution in [-0.4, -0.2) is 15.0 Å². The lowest BCUT2D eigenvalue weighted by molar-refractivity contribution is -0.0147. The fourth-order valence-electron chi connectivity index (χ4n) is 3.22. The maximum absolute atomic E-state index is 13.4. The quantitative estimate of drug-likeness (QED) is 0.499. The van der Waals surface area contributed by atoms with Gasteiger partial charge in [0.25, 0.3) is 5.56 Å². The molecule has 4 aromatic rings. The number of aromatic amines is 1. The molecule has 142 valence electrons. The smallest absolute Gasteiger partial charge is 0.252 e. The van der Waals surface area contributed by atoms with Crippen LogP contribution in [-0.2, 0) is 13.1 Å². The van der Waals surface area contributed by atoms with Gasteiger partial charge in [-0.05, 0) is 47.3 Å². The molecule has 0 aliphatic rings. The molecule has 0 radical (unpaired) electrons. The van der Waals surface area contributed by atoms with E-state index in [4.69, 9.17) is 4.42 Å². The maximum Gasteiger partial charge on any atom is 0.252 e. The first-order chi connectivity index (χ1) is 13.6. The van der Waals surface area contributed by atoms with E-state index in [1.807, 2.05) is 36.4 Å². The molecule has 0 fully saturated rings. The van der Waals surface area contributed by atoms with E-state index in [-0.39, 0.29) is 12.1 Å². The predicted molar refractivity (Wildman–Crippen MR) is 104 cm³/mol. The van der Waals surface area contributed by atoms with Crippen molar-refractivity contribution in [3.05, 3.63) is 106 Å². The van der Waals surface area contributed by atoms with Crippen LogP contribution in [0.3, 0.4) is 0 Å². The van der Waals surface area contributed by atoms with Gasteiger partial charge in [-0.25, -0.2) is 4.39 Å². The molecule has 4 rings (SSSR count). The molecule has 6 heteroatoms. The molecule has 0 amide bonds. The first kappa shape index (κ1) is 18.2. The van der Waals surface area contributed by atoms with Crippen molar-refractivity contribution >= 4 is 10.9 Å². The van der Waals surface area contributed by atoms with Crippen LogP contribution in [0.25, 0.3) is 10.9 Å². The Hall–Kier alpha value is -3.22. The Kier molecular flexibility index (Phi) is 5.06. The van der Waals surface area contributed by atoms with E-state index < -0.39 is 12.0 Å². The normalized spacial score (nSPS) is 12.5. The number of rotatable bonds is 6. The summed E-state index contributed by atoms with van der Waals surface area (Å²) < 4.78 is 18.8.